The van der Waals surface area contributed by atoms with E-state index < -0.39 is 0 Å². The second-order valence-electron chi connectivity index (χ2n) is 5.32. The van der Waals surface area contributed by atoms with Crippen molar-refractivity contribution in [3.63, 3.8) is 0 Å². The summed E-state index contributed by atoms with van der Waals surface area (Å²) >= 11 is 0. The SMILES string of the molecule is CCCOCCN1CCCC1C1CCCC1=O. The van der Waals surface area contributed by atoms with E-state index in [1.807, 2.05) is 0 Å². The van der Waals surface area contributed by atoms with Gasteiger partial charge in [0, 0.05) is 31.5 Å². The number of rotatable bonds is 6. The summed E-state index contributed by atoms with van der Waals surface area (Å²) in [7, 11) is 0. The monoisotopic (exact) mass is 239 g/mol. The minimum Gasteiger partial charge on any atom is -0.380 e. The van der Waals surface area contributed by atoms with Gasteiger partial charge >= 0.3 is 0 Å². The van der Waals surface area contributed by atoms with Crippen molar-refractivity contribution in [1.29, 1.82) is 0 Å². The molecule has 98 valence electrons. The Balaban J connectivity index is 1.78. The molecule has 1 aliphatic carbocycles. The van der Waals surface area contributed by atoms with Crippen LogP contribution in [0.3, 0.4) is 0 Å². The van der Waals surface area contributed by atoms with E-state index in [-0.39, 0.29) is 0 Å². The lowest BCUT2D eigenvalue weighted by atomic mass is 9.95. The number of likely N-dealkylation sites (tertiary alicyclic amines) is 1. The number of carbonyl (C=O) groups is 1. The first-order valence-electron chi connectivity index (χ1n) is 7.17. The maximum atomic E-state index is 11.8. The van der Waals surface area contributed by atoms with Crippen LogP contribution in [0, 0.1) is 5.92 Å². The Labute approximate surface area is 105 Å². The third-order valence-electron chi connectivity index (χ3n) is 4.10. The molecule has 2 atom stereocenters. The first kappa shape index (κ1) is 13.0. The molecule has 2 aliphatic rings. The maximum Gasteiger partial charge on any atom is 0.137 e. The molecule has 0 aromatic rings. The summed E-state index contributed by atoms with van der Waals surface area (Å²) in [6.07, 6.45) is 6.61. The number of nitrogens with zero attached hydrogens (tertiary/aromatic N) is 1. The van der Waals surface area contributed by atoms with Gasteiger partial charge in [0.2, 0.25) is 0 Å². The quantitative estimate of drug-likeness (QED) is 0.666. The second kappa shape index (κ2) is 6.50. The van der Waals surface area contributed by atoms with Crippen molar-refractivity contribution in [3.8, 4) is 0 Å². The first-order chi connectivity index (χ1) is 8.33. The minimum atomic E-state index is 0.337. The third-order valence-corrected chi connectivity index (χ3v) is 4.10. The molecule has 0 aromatic carbocycles. The van der Waals surface area contributed by atoms with E-state index in [9.17, 15) is 4.79 Å². The molecule has 2 unspecified atom stereocenters. The first-order valence-corrected chi connectivity index (χ1v) is 7.17. The fourth-order valence-electron chi connectivity index (χ4n) is 3.26. The van der Waals surface area contributed by atoms with Gasteiger partial charge in [-0.15, -0.1) is 0 Å². The Kier molecular flexibility index (Phi) is 4.99. The van der Waals surface area contributed by atoms with Crippen molar-refractivity contribution in [1.82, 2.24) is 4.90 Å². The molecule has 1 saturated carbocycles. The lowest BCUT2D eigenvalue weighted by Gasteiger charge is -2.28. The van der Waals surface area contributed by atoms with Crippen LogP contribution in [0.15, 0.2) is 0 Å². The van der Waals surface area contributed by atoms with Gasteiger partial charge in [-0.1, -0.05) is 6.92 Å². The van der Waals surface area contributed by atoms with Crippen LogP contribution in [-0.4, -0.2) is 43.0 Å². The number of hydrogen-bond donors (Lipinski definition) is 0. The van der Waals surface area contributed by atoms with Gasteiger partial charge < -0.3 is 4.74 Å². The van der Waals surface area contributed by atoms with Crippen LogP contribution in [-0.2, 0) is 9.53 Å². The molecule has 0 aromatic heterocycles. The van der Waals surface area contributed by atoms with Crippen LogP contribution >= 0.6 is 0 Å². The van der Waals surface area contributed by atoms with E-state index >= 15 is 0 Å². The number of carbonyl (C=O) groups excluding carboxylic acids is 1. The van der Waals surface area contributed by atoms with Crippen molar-refractivity contribution in [3.05, 3.63) is 0 Å². The topological polar surface area (TPSA) is 29.5 Å². The highest BCUT2D eigenvalue weighted by Crippen LogP contribution is 2.32. The highest BCUT2D eigenvalue weighted by Gasteiger charge is 2.37. The molecular formula is C14H25NO2. The predicted molar refractivity (Wildman–Crippen MR) is 68.1 cm³/mol. The van der Waals surface area contributed by atoms with Gasteiger partial charge in [0.15, 0.2) is 0 Å². The summed E-state index contributed by atoms with van der Waals surface area (Å²) in [6.45, 7) is 5.99. The fourth-order valence-corrected chi connectivity index (χ4v) is 3.26. The second-order valence-corrected chi connectivity index (χ2v) is 5.32. The largest absolute Gasteiger partial charge is 0.380 e. The zero-order valence-electron chi connectivity index (χ0n) is 11.0. The Morgan fingerprint density at radius 1 is 1.29 bits per heavy atom. The van der Waals surface area contributed by atoms with Crippen LogP contribution in [0.4, 0.5) is 0 Å². The molecule has 0 amide bonds. The van der Waals surface area contributed by atoms with E-state index in [4.69, 9.17) is 4.74 Å². The number of ether oxygens (including phenoxy) is 1. The summed E-state index contributed by atoms with van der Waals surface area (Å²) < 4.78 is 5.56. The zero-order chi connectivity index (χ0) is 12.1. The van der Waals surface area contributed by atoms with Crippen LogP contribution in [0.1, 0.15) is 45.4 Å². The molecule has 0 spiro atoms. The highest BCUT2D eigenvalue weighted by molar-refractivity contribution is 5.83. The molecule has 0 bridgehead atoms. The lowest BCUT2D eigenvalue weighted by Crippen LogP contribution is -2.39. The molecule has 2 rings (SSSR count). The molecule has 3 nitrogen and oxygen atoms in total. The maximum absolute atomic E-state index is 11.8. The Hall–Kier alpha value is -0.410. The number of ketones is 1. The lowest BCUT2D eigenvalue weighted by molar-refractivity contribution is -0.122. The van der Waals surface area contributed by atoms with E-state index in [1.54, 1.807) is 0 Å². The predicted octanol–water partition coefficient (Wildman–Crippen LogP) is 2.25. The third kappa shape index (κ3) is 3.29. The number of Topliss-reactive ketones (excluding diaryl/α,β-unsaturated/α-hetero) is 1. The fraction of sp³-hybridized carbons (Fsp3) is 0.929. The Morgan fingerprint density at radius 2 is 2.18 bits per heavy atom. The zero-order valence-corrected chi connectivity index (χ0v) is 11.0. The van der Waals surface area contributed by atoms with Crippen molar-refractivity contribution in [2.75, 3.05) is 26.3 Å². The van der Waals surface area contributed by atoms with E-state index in [1.165, 1.54) is 12.8 Å². The van der Waals surface area contributed by atoms with Crippen molar-refractivity contribution in [2.45, 2.75) is 51.5 Å². The smallest absolute Gasteiger partial charge is 0.137 e. The summed E-state index contributed by atoms with van der Waals surface area (Å²) in [5, 5.41) is 0. The standard InChI is InChI=1S/C14H25NO2/c1-2-10-17-11-9-15-8-4-6-13(15)12-5-3-7-14(12)16/h12-13H,2-11H2,1H3. The van der Waals surface area contributed by atoms with Crippen molar-refractivity contribution < 1.29 is 9.53 Å². The van der Waals surface area contributed by atoms with Crippen LogP contribution in [0.5, 0.6) is 0 Å². The van der Waals surface area contributed by atoms with Crippen molar-refractivity contribution >= 4 is 5.78 Å². The molecular weight excluding hydrogens is 214 g/mol. The molecule has 0 radical (unpaired) electrons. The summed E-state index contributed by atoms with van der Waals surface area (Å²) in [5.74, 6) is 0.847. The van der Waals surface area contributed by atoms with E-state index in [2.05, 4.69) is 11.8 Å². The average molecular weight is 239 g/mol. The van der Waals surface area contributed by atoms with E-state index in [0.29, 0.717) is 17.7 Å². The van der Waals surface area contributed by atoms with Gasteiger partial charge in [-0.3, -0.25) is 9.69 Å². The van der Waals surface area contributed by atoms with Gasteiger partial charge in [-0.25, -0.2) is 0 Å². The van der Waals surface area contributed by atoms with Gasteiger partial charge in [0.25, 0.3) is 0 Å². The summed E-state index contributed by atoms with van der Waals surface area (Å²) in [6, 6.07) is 0.523. The van der Waals surface area contributed by atoms with Crippen LogP contribution in [0.2, 0.25) is 0 Å². The average Bonchev–Trinajstić information content (AvgIpc) is 2.93. The van der Waals surface area contributed by atoms with Gasteiger partial charge in [0.1, 0.15) is 5.78 Å². The van der Waals surface area contributed by atoms with E-state index in [0.717, 1.165) is 52.0 Å². The highest BCUT2D eigenvalue weighted by atomic mass is 16.5. The molecule has 2 fully saturated rings. The number of hydrogen-bond acceptors (Lipinski definition) is 3. The van der Waals surface area contributed by atoms with Crippen LogP contribution in [0.25, 0.3) is 0 Å². The van der Waals surface area contributed by atoms with Gasteiger partial charge in [0.05, 0.1) is 6.61 Å². The summed E-state index contributed by atoms with van der Waals surface area (Å²) in [4.78, 5) is 14.3. The van der Waals surface area contributed by atoms with Gasteiger partial charge in [-0.05, 0) is 38.6 Å². The normalized spacial score (nSPS) is 30.3. The molecule has 1 saturated heterocycles. The minimum absolute atomic E-state index is 0.337. The Bertz CT molecular complexity index is 255. The molecule has 0 N–H and O–H groups in total. The van der Waals surface area contributed by atoms with Crippen LogP contribution < -0.4 is 0 Å². The summed E-state index contributed by atoms with van der Waals surface area (Å²) in [5.41, 5.74) is 0. The van der Waals surface area contributed by atoms with Gasteiger partial charge in [-0.2, -0.15) is 0 Å². The molecule has 1 heterocycles. The molecule has 17 heavy (non-hydrogen) atoms. The molecule has 3 heteroatoms. The Morgan fingerprint density at radius 3 is 2.88 bits per heavy atom. The molecule has 1 aliphatic heterocycles. The van der Waals surface area contributed by atoms with Crippen molar-refractivity contribution in [2.24, 2.45) is 5.92 Å².